The third-order valence-electron chi connectivity index (χ3n) is 4.95. The van der Waals surface area contributed by atoms with Crippen molar-refractivity contribution in [1.29, 1.82) is 0 Å². The molecule has 2 saturated heterocycles. The molecule has 3 heteroatoms. The van der Waals surface area contributed by atoms with E-state index < -0.39 is 0 Å². The summed E-state index contributed by atoms with van der Waals surface area (Å²) in [6.07, 6.45) is 5.16. The Morgan fingerprint density at radius 3 is 2.56 bits per heavy atom. The lowest BCUT2D eigenvalue weighted by atomic mass is 9.89. The quantitative estimate of drug-likeness (QED) is 0.782. The highest BCUT2D eigenvalue weighted by Crippen LogP contribution is 2.29. The fourth-order valence-electron chi connectivity index (χ4n) is 3.54. The number of nitrogens with zero attached hydrogens (tertiary/aromatic N) is 2. The summed E-state index contributed by atoms with van der Waals surface area (Å²) < 4.78 is 0. The maximum absolute atomic E-state index is 6.04. The third-order valence-corrected chi connectivity index (χ3v) is 4.95. The molecule has 1 unspecified atom stereocenters. The fraction of sp³-hybridized carbons (Fsp3) is 1.00. The zero-order valence-corrected chi connectivity index (χ0v) is 10.9. The summed E-state index contributed by atoms with van der Waals surface area (Å²) >= 11 is 0. The lowest BCUT2D eigenvalue weighted by Crippen LogP contribution is -2.61. The first-order chi connectivity index (χ1) is 7.75. The number of piperazine rings is 1. The molecule has 0 aromatic heterocycles. The minimum Gasteiger partial charge on any atom is -0.329 e. The second kappa shape index (κ2) is 5.03. The summed E-state index contributed by atoms with van der Waals surface area (Å²) in [4.78, 5) is 5.35. The van der Waals surface area contributed by atoms with Crippen LogP contribution in [0.3, 0.4) is 0 Å². The van der Waals surface area contributed by atoms with Crippen LogP contribution in [0.4, 0.5) is 0 Å². The van der Waals surface area contributed by atoms with Gasteiger partial charge in [0.25, 0.3) is 0 Å². The van der Waals surface area contributed by atoms with Crippen molar-refractivity contribution in [3.05, 3.63) is 0 Å². The Morgan fingerprint density at radius 2 is 1.94 bits per heavy atom. The molecule has 0 aliphatic carbocycles. The van der Waals surface area contributed by atoms with Gasteiger partial charge in [-0.2, -0.15) is 0 Å². The van der Waals surface area contributed by atoms with E-state index >= 15 is 0 Å². The van der Waals surface area contributed by atoms with Gasteiger partial charge >= 0.3 is 0 Å². The number of hydrogen-bond donors (Lipinski definition) is 1. The van der Waals surface area contributed by atoms with E-state index in [4.69, 9.17) is 5.73 Å². The first-order valence-electron chi connectivity index (χ1n) is 6.95. The molecule has 2 rings (SSSR count). The molecular weight excluding hydrogens is 198 g/mol. The topological polar surface area (TPSA) is 32.5 Å². The van der Waals surface area contributed by atoms with Crippen molar-refractivity contribution >= 4 is 0 Å². The molecule has 16 heavy (non-hydrogen) atoms. The molecule has 0 amide bonds. The molecule has 0 aromatic rings. The molecule has 2 N–H and O–H groups in total. The summed E-state index contributed by atoms with van der Waals surface area (Å²) in [6, 6.07) is 0.817. The van der Waals surface area contributed by atoms with Crippen LogP contribution in [0.15, 0.2) is 0 Å². The molecule has 1 atom stereocenters. The highest BCUT2D eigenvalue weighted by Gasteiger charge is 2.38. The van der Waals surface area contributed by atoms with Gasteiger partial charge < -0.3 is 5.73 Å². The summed E-state index contributed by atoms with van der Waals surface area (Å²) in [5.41, 5.74) is 6.31. The molecule has 94 valence electrons. The van der Waals surface area contributed by atoms with Crippen LogP contribution >= 0.6 is 0 Å². The molecule has 0 bridgehead atoms. The summed E-state index contributed by atoms with van der Waals surface area (Å²) in [6.45, 7) is 10.4. The lowest BCUT2D eigenvalue weighted by molar-refractivity contribution is 0.0133. The zero-order valence-electron chi connectivity index (χ0n) is 10.9. The molecule has 2 aliphatic rings. The van der Waals surface area contributed by atoms with E-state index in [2.05, 4.69) is 23.6 Å². The number of hydrogen-bond acceptors (Lipinski definition) is 3. The van der Waals surface area contributed by atoms with Crippen LogP contribution in [-0.4, -0.2) is 54.1 Å². The van der Waals surface area contributed by atoms with Gasteiger partial charge in [0.15, 0.2) is 0 Å². The fourth-order valence-corrected chi connectivity index (χ4v) is 3.54. The number of rotatable bonds is 4. The Balaban J connectivity index is 2.04. The van der Waals surface area contributed by atoms with Crippen LogP contribution < -0.4 is 5.73 Å². The summed E-state index contributed by atoms with van der Waals surface area (Å²) in [7, 11) is 0. The van der Waals surface area contributed by atoms with Crippen LogP contribution in [0.2, 0.25) is 0 Å². The predicted octanol–water partition coefficient (Wildman–Crippen LogP) is 1.28. The Kier molecular flexibility index (Phi) is 3.88. The minimum atomic E-state index is 0.272. The van der Waals surface area contributed by atoms with E-state index in [1.54, 1.807) is 0 Å². The smallest absolute Gasteiger partial charge is 0.0327 e. The van der Waals surface area contributed by atoms with Crippen LogP contribution in [0.25, 0.3) is 0 Å². The van der Waals surface area contributed by atoms with Gasteiger partial charge in [-0.25, -0.2) is 0 Å². The molecular formula is C13H27N3. The molecule has 2 heterocycles. The highest BCUT2D eigenvalue weighted by molar-refractivity contribution is 4.96. The zero-order chi connectivity index (χ0) is 11.6. The van der Waals surface area contributed by atoms with Gasteiger partial charge in [-0.1, -0.05) is 13.8 Å². The number of fused-ring (bicyclic) bond motifs is 1. The standard InChI is InChI=1S/C13H27N3/c1-3-13(4-2,11-14)16-9-8-15-7-5-6-12(15)10-16/h12H,3-11,14H2,1-2H3. The molecule has 0 spiro atoms. The van der Waals surface area contributed by atoms with E-state index in [0.717, 1.165) is 12.6 Å². The van der Waals surface area contributed by atoms with E-state index in [1.807, 2.05) is 0 Å². The van der Waals surface area contributed by atoms with E-state index in [0.29, 0.717) is 0 Å². The van der Waals surface area contributed by atoms with Crippen molar-refractivity contribution in [3.8, 4) is 0 Å². The first kappa shape index (κ1) is 12.3. The third kappa shape index (κ3) is 2.01. The predicted molar refractivity (Wildman–Crippen MR) is 68.5 cm³/mol. The average Bonchev–Trinajstić information content (AvgIpc) is 2.79. The van der Waals surface area contributed by atoms with Gasteiger partial charge in [-0.05, 0) is 32.2 Å². The van der Waals surface area contributed by atoms with Crippen molar-refractivity contribution in [2.75, 3.05) is 32.7 Å². The Hall–Kier alpha value is -0.120. The Bertz CT molecular complexity index is 217. The van der Waals surface area contributed by atoms with Gasteiger partial charge in [-0.3, -0.25) is 9.80 Å². The van der Waals surface area contributed by atoms with Crippen molar-refractivity contribution in [2.45, 2.75) is 51.1 Å². The summed E-state index contributed by atoms with van der Waals surface area (Å²) in [5.74, 6) is 0. The second-order valence-electron chi connectivity index (χ2n) is 5.41. The molecule has 0 saturated carbocycles. The Morgan fingerprint density at radius 1 is 1.19 bits per heavy atom. The van der Waals surface area contributed by atoms with Crippen LogP contribution in [0.1, 0.15) is 39.5 Å². The molecule has 0 aromatic carbocycles. The molecule has 0 radical (unpaired) electrons. The lowest BCUT2D eigenvalue weighted by Gasteiger charge is -2.48. The van der Waals surface area contributed by atoms with Crippen LogP contribution in [-0.2, 0) is 0 Å². The van der Waals surface area contributed by atoms with Gasteiger partial charge in [0, 0.05) is 37.8 Å². The van der Waals surface area contributed by atoms with Gasteiger partial charge in [0.1, 0.15) is 0 Å². The second-order valence-corrected chi connectivity index (χ2v) is 5.41. The van der Waals surface area contributed by atoms with Crippen molar-refractivity contribution < 1.29 is 0 Å². The van der Waals surface area contributed by atoms with E-state index in [-0.39, 0.29) is 5.54 Å². The van der Waals surface area contributed by atoms with Gasteiger partial charge in [0.2, 0.25) is 0 Å². The van der Waals surface area contributed by atoms with Crippen LogP contribution in [0, 0.1) is 0 Å². The molecule has 2 fully saturated rings. The Labute approximate surface area is 100.0 Å². The van der Waals surface area contributed by atoms with Crippen molar-refractivity contribution in [3.63, 3.8) is 0 Å². The molecule has 3 nitrogen and oxygen atoms in total. The largest absolute Gasteiger partial charge is 0.329 e. The molecule has 2 aliphatic heterocycles. The van der Waals surface area contributed by atoms with E-state index in [9.17, 15) is 0 Å². The maximum atomic E-state index is 6.04. The van der Waals surface area contributed by atoms with Gasteiger partial charge in [-0.15, -0.1) is 0 Å². The van der Waals surface area contributed by atoms with Crippen molar-refractivity contribution in [1.82, 2.24) is 9.80 Å². The minimum absolute atomic E-state index is 0.272. The highest BCUT2D eigenvalue weighted by atomic mass is 15.3. The SMILES string of the molecule is CCC(CC)(CN)N1CCN2CCCC2C1. The monoisotopic (exact) mass is 225 g/mol. The normalized spacial score (nSPS) is 28.3. The first-order valence-corrected chi connectivity index (χ1v) is 6.95. The van der Waals surface area contributed by atoms with Crippen molar-refractivity contribution in [2.24, 2.45) is 5.73 Å². The van der Waals surface area contributed by atoms with Crippen LogP contribution in [0.5, 0.6) is 0 Å². The number of nitrogens with two attached hydrogens (primary N) is 1. The maximum Gasteiger partial charge on any atom is 0.0327 e. The average molecular weight is 225 g/mol. The summed E-state index contributed by atoms with van der Waals surface area (Å²) in [5, 5.41) is 0. The van der Waals surface area contributed by atoms with E-state index in [1.165, 1.54) is 51.9 Å². The van der Waals surface area contributed by atoms with Gasteiger partial charge in [0.05, 0.1) is 0 Å².